The molecule has 1 aliphatic heterocycles. The molecule has 2 atom stereocenters. The number of hydrogen-bond donors (Lipinski definition) is 3. The van der Waals surface area contributed by atoms with Crippen molar-refractivity contribution in [2.45, 2.75) is 12.1 Å². The second-order valence-corrected chi connectivity index (χ2v) is 6.95. The van der Waals surface area contributed by atoms with Gasteiger partial charge in [0, 0.05) is 10.7 Å². The molecule has 0 aliphatic carbocycles. The Labute approximate surface area is 115 Å². The van der Waals surface area contributed by atoms with E-state index in [1.807, 2.05) is 0 Å². The topological polar surface area (TPSA) is 95.5 Å². The first-order valence-corrected chi connectivity index (χ1v) is 7.77. The highest BCUT2D eigenvalue weighted by atomic mass is 35.5. The Morgan fingerprint density at radius 1 is 1.26 bits per heavy atom. The third-order valence-electron chi connectivity index (χ3n) is 2.74. The average Bonchev–Trinajstić information content (AvgIpc) is 2.55. The number of anilines is 1. The van der Waals surface area contributed by atoms with E-state index in [2.05, 4.69) is 10.6 Å². The van der Waals surface area contributed by atoms with E-state index in [0.717, 1.165) is 0 Å². The zero-order valence-electron chi connectivity index (χ0n) is 9.84. The predicted octanol–water partition coefficient (Wildman–Crippen LogP) is 0.619. The van der Waals surface area contributed by atoms with Gasteiger partial charge in [-0.1, -0.05) is 11.6 Å². The number of urea groups is 1. The van der Waals surface area contributed by atoms with E-state index in [1.54, 1.807) is 24.3 Å². The Bertz CT molecular complexity index is 573. The molecule has 1 aliphatic rings. The van der Waals surface area contributed by atoms with Crippen molar-refractivity contribution < 1.29 is 18.3 Å². The lowest BCUT2D eigenvalue weighted by molar-refractivity contribution is 0.167. The second kappa shape index (κ2) is 5.36. The average molecular weight is 305 g/mol. The lowest BCUT2D eigenvalue weighted by Gasteiger charge is -2.15. The van der Waals surface area contributed by atoms with Crippen LogP contribution in [0, 0.1) is 0 Å². The summed E-state index contributed by atoms with van der Waals surface area (Å²) in [6.07, 6.45) is -1.07. The summed E-state index contributed by atoms with van der Waals surface area (Å²) in [5.41, 5.74) is 0.525. The molecule has 2 amide bonds. The molecule has 2 rings (SSSR count). The Morgan fingerprint density at radius 2 is 1.89 bits per heavy atom. The summed E-state index contributed by atoms with van der Waals surface area (Å²) in [5, 5.41) is 15.0. The number of hydrogen-bond acceptors (Lipinski definition) is 4. The number of carbonyl (C=O) groups is 1. The van der Waals surface area contributed by atoms with Gasteiger partial charge in [0.05, 0.1) is 23.7 Å². The molecule has 1 aromatic rings. The first-order chi connectivity index (χ1) is 8.85. The van der Waals surface area contributed by atoms with Crippen LogP contribution in [0.25, 0.3) is 0 Å². The summed E-state index contributed by atoms with van der Waals surface area (Å²) in [6.45, 7) is 0. The quantitative estimate of drug-likeness (QED) is 0.746. The van der Waals surface area contributed by atoms with E-state index in [4.69, 9.17) is 11.6 Å². The van der Waals surface area contributed by atoms with Crippen LogP contribution in [0.1, 0.15) is 0 Å². The summed E-state index contributed by atoms with van der Waals surface area (Å²) in [6, 6.07) is 5.12. The monoisotopic (exact) mass is 304 g/mol. The van der Waals surface area contributed by atoms with Crippen LogP contribution in [0.4, 0.5) is 10.5 Å². The minimum Gasteiger partial charge on any atom is -0.390 e. The lowest BCUT2D eigenvalue weighted by Crippen LogP contribution is -2.44. The van der Waals surface area contributed by atoms with Gasteiger partial charge < -0.3 is 15.7 Å². The van der Waals surface area contributed by atoms with Crippen molar-refractivity contribution in [1.82, 2.24) is 5.32 Å². The second-order valence-electron chi connectivity index (χ2n) is 4.36. The number of benzene rings is 1. The number of nitrogens with one attached hydrogen (secondary N) is 2. The van der Waals surface area contributed by atoms with Gasteiger partial charge in [-0.2, -0.15) is 0 Å². The summed E-state index contributed by atoms with van der Waals surface area (Å²) in [4.78, 5) is 11.6. The lowest BCUT2D eigenvalue weighted by atomic mass is 10.2. The van der Waals surface area contributed by atoms with Crippen LogP contribution in [-0.4, -0.2) is 43.2 Å². The molecule has 0 spiro atoms. The molecule has 3 N–H and O–H groups in total. The van der Waals surface area contributed by atoms with Gasteiger partial charge in [-0.05, 0) is 24.3 Å². The molecule has 1 aromatic carbocycles. The van der Waals surface area contributed by atoms with Crippen LogP contribution >= 0.6 is 11.6 Å². The van der Waals surface area contributed by atoms with Crippen molar-refractivity contribution in [3.63, 3.8) is 0 Å². The highest BCUT2D eigenvalue weighted by Gasteiger charge is 2.37. The maximum Gasteiger partial charge on any atom is 0.319 e. The first kappa shape index (κ1) is 14.1. The number of aliphatic hydroxyl groups excluding tert-OH is 1. The van der Waals surface area contributed by atoms with E-state index in [-0.39, 0.29) is 11.5 Å². The van der Waals surface area contributed by atoms with Crippen LogP contribution in [-0.2, 0) is 9.84 Å². The Morgan fingerprint density at radius 3 is 2.42 bits per heavy atom. The van der Waals surface area contributed by atoms with Crippen LogP contribution < -0.4 is 10.6 Å². The van der Waals surface area contributed by atoms with E-state index >= 15 is 0 Å². The number of halogens is 1. The molecule has 1 saturated heterocycles. The Kier molecular flexibility index (Phi) is 3.98. The van der Waals surface area contributed by atoms with Crippen LogP contribution in [0.15, 0.2) is 24.3 Å². The van der Waals surface area contributed by atoms with Crippen molar-refractivity contribution in [1.29, 1.82) is 0 Å². The smallest absolute Gasteiger partial charge is 0.319 e. The standard InChI is InChI=1S/C11H13ClN2O4S/c12-7-1-3-8(4-2-7)13-11(16)14-9-5-19(17,18)6-10(9)15/h1-4,9-10,15H,5-6H2,(H2,13,14,16)/t9-,10+/m1/s1. The molecule has 0 saturated carbocycles. The normalized spacial score (nSPS) is 24.9. The van der Waals surface area contributed by atoms with Crippen LogP contribution in [0.2, 0.25) is 5.02 Å². The molecule has 1 fully saturated rings. The summed E-state index contributed by atoms with van der Waals surface area (Å²) in [7, 11) is -3.28. The highest BCUT2D eigenvalue weighted by Crippen LogP contribution is 2.15. The van der Waals surface area contributed by atoms with Gasteiger partial charge in [-0.15, -0.1) is 0 Å². The maximum atomic E-state index is 11.6. The number of sulfone groups is 1. The summed E-state index contributed by atoms with van der Waals surface area (Å²) >= 11 is 5.71. The van der Waals surface area contributed by atoms with Gasteiger partial charge >= 0.3 is 6.03 Å². The number of amides is 2. The van der Waals surface area contributed by atoms with Gasteiger partial charge in [0.25, 0.3) is 0 Å². The van der Waals surface area contributed by atoms with E-state index in [0.29, 0.717) is 10.7 Å². The summed E-state index contributed by atoms with van der Waals surface area (Å²) < 4.78 is 22.6. The van der Waals surface area contributed by atoms with Crippen molar-refractivity contribution in [2.24, 2.45) is 0 Å². The molecule has 104 valence electrons. The highest BCUT2D eigenvalue weighted by molar-refractivity contribution is 7.91. The van der Waals surface area contributed by atoms with Crippen molar-refractivity contribution >= 4 is 33.2 Å². The van der Waals surface area contributed by atoms with Crippen molar-refractivity contribution in [2.75, 3.05) is 16.8 Å². The van der Waals surface area contributed by atoms with Gasteiger partial charge in [-0.3, -0.25) is 0 Å². The molecular formula is C11H13ClN2O4S. The Hall–Kier alpha value is -1.31. The zero-order valence-corrected chi connectivity index (χ0v) is 11.4. The van der Waals surface area contributed by atoms with E-state index in [1.165, 1.54) is 0 Å². The van der Waals surface area contributed by atoms with Crippen molar-refractivity contribution in [3.8, 4) is 0 Å². The largest absolute Gasteiger partial charge is 0.390 e. The third kappa shape index (κ3) is 3.82. The molecule has 0 unspecified atom stereocenters. The molecule has 8 heteroatoms. The fourth-order valence-corrected chi connectivity index (χ4v) is 3.70. The van der Waals surface area contributed by atoms with Gasteiger partial charge in [0.2, 0.25) is 0 Å². The van der Waals surface area contributed by atoms with Gasteiger partial charge in [0.1, 0.15) is 0 Å². The summed E-state index contributed by atoms with van der Waals surface area (Å²) in [5.74, 6) is -0.568. The van der Waals surface area contributed by atoms with Crippen LogP contribution in [0.3, 0.4) is 0 Å². The molecule has 1 heterocycles. The Balaban J connectivity index is 1.93. The molecule has 0 radical (unpaired) electrons. The third-order valence-corrected chi connectivity index (χ3v) is 4.71. The fraction of sp³-hybridized carbons (Fsp3) is 0.364. The first-order valence-electron chi connectivity index (χ1n) is 5.57. The predicted molar refractivity (Wildman–Crippen MR) is 72.1 cm³/mol. The van der Waals surface area contributed by atoms with Gasteiger partial charge in [0.15, 0.2) is 9.84 Å². The van der Waals surface area contributed by atoms with E-state index in [9.17, 15) is 18.3 Å². The fourth-order valence-electron chi connectivity index (χ4n) is 1.84. The number of aliphatic hydroxyl groups is 1. The molecule has 19 heavy (non-hydrogen) atoms. The molecular weight excluding hydrogens is 292 g/mol. The minimum absolute atomic E-state index is 0.248. The van der Waals surface area contributed by atoms with Crippen molar-refractivity contribution in [3.05, 3.63) is 29.3 Å². The minimum atomic E-state index is -3.28. The zero-order chi connectivity index (χ0) is 14.0. The molecule has 6 nitrogen and oxygen atoms in total. The number of carbonyl (C=O) groups excluding carboxylic acids is 1. The molecule has 0 bridgehead atoms. The maximum absolute atomic E-state index is 11.6. The SMILES string of the molecule is O=C(Nc1ccc(Cl)cc1)N[C@@H]1CS(=O)(=O)C[C@@H]1O. The number of rotatable bonds is 2. The molecule has 0 aromatic heterocycles. The van der Waals surface area contributed by atoms with Gasteiger partial charge in [-0.25, -0.2) is 13.2 Å². The van der Waals surface area contributed by atoms with E-state index < -0.39 is 28.0 Å². The van der Waals surface area contributed by atoms with Crippen LogP contribution in [0.5, 0.6) is 0 Å².